The Labute approximate surface area is 179 Å². The first-order valence-corrected chi connectivity index (χ1v) is 9.68. The molecular formula is C25H21NO5. The molecule has 0 saturated carbocycles. The van der Waals surface area contributed by atoms with Gasteiger partial charge in [0, 0.05) is 16.7 Å². The molecule has 3 aromatic carbocycles. The van der Waals surface area contributed by atoms with Gasteiger partial charge >= 0.3 is 5.97 Å². The van der Waals surface area contributed by atoms with Crippen LogP contribution in [0, 0.1) is 0 Å². The van der Waals surface area contributed by atoms with Crippen molar-refractivity contribution in [2.45, 2.75) is 20.0 Å². The number of benzene rings is 3. The molecule has 6 nitrogen and oxygen atoms in total. The van der Waals surface area contributed by atoms with Crippen molar-refractivity contribution in [2.75, 3.05) is 5.32 Å². The fourth-order valence-corrected chi connectivity index (χ4v) is 2.93. The van der Waals surface area contributed by atoms with Crippen molar-refractivity contribution >= 4 is 29.1 Å². The first kappa shape index (κ1) is 21.6. The summed E-state index contributed by atoms with van der Waals surface area (Å²) in [6.45, 7) is 2.84. The average Bonchev–Trinajstić information content (AvgIpc) is 2.79. The monoisotopic (exact) mass is 415 g/mol. The third-order valence-corrected chi connectivity index (χ3v) is 4.64. The number of hydrogen-bond acceptors (Lipinski definition) is 5. The fraction of sp³-hybridized carbons (Fsp3) is 0.120. The lowest BCUT2D eigenvalue weighted by Gasteiger charge is -2.15. The highest BCUT2D eigenvalue weighted by Gasteiger charge is 2.21. The van der Waals surface area contributed by atoms with E-state index >= 15 is 0 Å². The second-order valence-electron chi connectivity index (χ2n) is 6.91. The molecule has 156 valence electrons. The van der Waals surface area contributed by atoms with E-state index in [9.17, 15) is 19.2 Å². The van der Waals surface area contributed by atoms with Crippen LogP contribution in [0.2, 0.25) is 0 Å². The first-order chi connectivity index (χ1) is 14.9. The van der Waals surface area contributed by atoms with Gasteiger partial charge in [0.2, 0.25) is 0 Å². The van der Waals surface area contributed by atoms with Crippen LogP contribution < -0.4 is 5.32 Å². The average molecular weight is 415 g/mol. The topological polar surface area (TPSA) is 89.5 Å². The number of para-hydroxylation sites is 1. The minimum Gasteiger partial charge on any atom is -0.449 e. The zero-order valence-electron chi connectivity index (χ0n) is 17.1. The van der Waals surface area contributed by atoms with Gasteiger partial charge in [-0.15, -0.1) is 0 Å². The molecule has 0 aliphatic rings. The minimum atomic E-state index is -1.09. The van der Waals surface area contributed by atoms with Gasteiger partial charge in [0.25, 0.3) is 5.91 Å². The smallest absolute Gasteiger partial charge is 0.338 e. The Hall–Kier alpha value is -4.06. The summed E-state index contributed by atoms with van der Waals surface area (Å²) in [4.78, 5) is 48.9. The minimum absolute atomic E-state index is 0.155. The molecule has 0 heterocycles. The second kappa shape index (κ2) is 9.63. The van der Waals surface area contributed by atoms with Crippen LogP contribution in [0.25, 0.3) is 0 Å². The van der Waals surface area contributed by atoms with Gasteiger partial charge in [-0.3, -0.25) is 14.4 Å². The van der Waals surface area contributed by atoms with Gasteiger partial charge in [0.1, 0.15) is 0 Å². The molecular weight excluding hydrogens is 394 g/mol. The predicted octanol–water partition coefficient (Wildman–Crippen LogP) is 4.30. The molecule has 0 radical (unpaired) electrons. The number of nitrogens with one attached hydrogen (secondary N) is 1. The van der Waals surface area contributed by atoms with Crippen LogP contribution in [0.4, 0.5) is 5.69 Å². The molecule has 0 bridgehead atoms. The summed E-state index contributed by atoms with van der Waals surface area (Å²) in [5.41, 5.74) is 1.93. The summed E-state index contributed by atoms with van der Waals surface area (Å²) in [7, 11) is 0. The van der Waals surface area contributed by atoms with Crippen LogP contribution in [0.3, 0.4) is 0 Å². The number of carbonyl (C=O) groups is 4. The van der Waals surface area contributed by atoms with Crippen molar-refractivity contribution in [2.24, 2.45) is 0 Å². The maximum Gasteiger partial charge on any atom is 0.338 e. The van der Waals surface area contributed by atoms with Crippen molar-refractivity contribution < 1.29 is 23.9 Å². The van der Waals surface area contributed by atoms with Crippen LogP contribution in [0.15, 0.2) is 78.9 Å². The molecule has 6 heteroatoms. The molecule has 0 spiro atoms. The van der Waals surface area contributed by atoms with E-state index in [1.807, 2.05) is 6.07 Å². The normalized spacial score (nSPS) is 11.3. The van der Waals surface area contributed by atoms with Crippen molar-refractivity contribution in [1.82, 2.24) is 0 Å². The largest absolute Gasteiger partial charge is 0.449 e. The molecule has 0 fully saturated rings. The van der Waals surface area contributed by atoms with E-state index < -0.39 is 18.0 Å². The molecule has 1 N–H and O–H groups in total. The van der Waals surface area contributed by atoms with Crippen LogP contribution in [0.1, 0.15) is 50.5 Å². The maximum absolute atomic E-state index is 12.5. The van der Waals surface area contributed by atoms with Gasteiger partial charge in [-0.25, -0.2) is 4.79 Å². The highest BCUT2D eigenvalue weighted by atomic mass is 16.5. The molecule has 0 aliphatic heterocycles. The van der Waals surface area contributed by atoms with Crippen LogP contribution >= 0.6 is 0 Å². The summed E-state index contributed by atoms with van der Waals surface area (Å²) in [6, 6.07) is 21.5. The van der Waals surface area contributed by atoms with Crippen molar-refractivity contribution in [3.8, 4) is 0 Å². The maximum atomic E-state index is 12.5. The molecule has 0 aliphatic carbocycles. The Bertz CT molecular complexity index is 1120. The molecule has 0 unspecified atom stereocenters. The Morgan fingerprint density at radius 3 is 1.94 bits per heavy atom. The van der Waals surface area contributed by atoms with E-state index in [1.54, 1.807) is 60.7 Å². The standard InChI is InChI=1S/C25H21NO5/c1-16(27)21-10-6-7-11-22(21)26-24(29)17(2)31-25(30)20-14-12-19(13-15-20)23(28)18-8-4-3-5-9-18/h3-15,17H,1-2H3,(H,26,29)/t17-/m0/s1. The van der Waals surface area contributed by atoms with Crippen molar-refractivity contribution in [1.29, 1.82) is 0 Å². The zero-order chi connectivity index (χ0) is 22.4. The summed E-state index contributed by atoms with van der Waals surface area (Å²) >= 11 is 0. The van der Waals surface area contributed by atoms with E-state index in [1.165, 1.54) is 26.0 Å². The summed E-state index contributed by atoms with van der Waals surface area (Å²) < 4.78 is 5.23. The molecule has 3 aromatic rings. The third kappa shape index (κ3) is 5.30. The van der Waals surface area contributed by atoms with Gasteiger partial charge in [0.05, 0.1) is 11.3 Å². The number of carbonyl (C=O) groups excluding carboxylic acids is 4. The van der Waals surface area contributed by atoms with E-state index in [4.69, 9.17) is 4.74 Å². The van der Waals surface area contributed by atoms with Crippen molar-refractivity contribution in [3.05, 3.63) is 101 Å². The predicted molar refractivity (Wildman–Crippen MR) is 116 cm³/mol. The lowest BCUT2D eigenvalue weighted by Crippen LogP contribution is -2.30. The molecule has 1 amide bonds. The van der Waals surface area contributed by atoms with Crippen LogP contribution in [-0.2, 0) is 9.53 Å². The van der Waals surface area contributed by atoms with E-state index in [0.717, 1.165) is 0 Å². The highest BCUT2D eigenvalue weighted by Crippen LogP contribution is 2.17. The summed E-state index contributed by atoms with van der Waals surface area (Å²) in [6.07, 6.45) is -1.09. The number of Topliss-reactive ketones (excluding diaryl/α,β-unsaturated/α-hetero) is 1. The van der Waals surface area contributed by atoms with Gasteiger partial charge < -0.3 is 10.1 Å². The van der Waals surface area contributed by atoms with E-state index in [0.29, 0.717) is 22.4 Å². The van der Waals surface area contributed by atoms with Gasteiger partial charge in [-0.05, 0) is 38.1 Å². The molecule has 0 saturated heterocycles. The number of anilines is 1. The quantitative estimate of drug-likeness (QED) is 0.459. The highest BCUT2D eigenvalue weighted by molar-refractivity contribution is 6.09. The van der Waals surface area contributed by atoms with Gasteiger partial charge in [-0.2, -0.15) is 0 Å². The lowest BCUT2D eigenvalue weighted by molar-refractivity contribution is -0.123. The Balaban J connectivity index is 1.64. The Morgan fingerprint density at radius 1 is 0.742 bits per heavy atom. The van der Waals surface area contributed by atoms with Gasteiger partial charge in [0.15, 0.2) is 17.7 Å². The number of hydrogen-bond donors (Lipinski definition) is 1. The molecule has 31 heavy (non-hydrogen) atoms. The Kier molecular flexibility index (Phi) is 6.72. The SMILES string of the molecule is CC(=O)c1ccccc1NC(=O)[C@H](C)OC(=O)c1ccc(C(=O)c2ccccc2)cc1. The summed E-state index contributed by atoms with van der Waals surface area (Å²) in [5, 5.41) is 2.61. The zero-order valence-corrected chi connectivity index (χ0v) is 17.1. The Morgan fingerprint density at radius 2 is 1.29 bits per heavy atom. The molecule has 1 atom stereocenters. The van der Waals surface area contributed by atoms with Crippen molar-refractivity contribution in [3.63, 3.8) is 0 Å². The second-order valence-corrected chi connectivity index (χ2v) is 6.91. The number of ether oxygens (including phenoxy) is 1. The number of ketones is 2. The van der Waals surface area contributed by atoms with Gasteiger partial charge in [-0.1, -0.05) is 54.6 Å². The lowest BCUT2D eigenvalue weighted by atomic mass is 10.0. The third-order valence-electron chi connectivity index (χ3n) is 4.64. The number of rotatable bonds is 7. The van der Waals surface area contributed by atoms with Crippen LogP contribution in [-0.4, -0.2) is 29.5 Å². The fourth-order valence-electron chi connectivity index (χ4n) is 2.93. The first-order valence-electron chi connectivity index (χ1n) is 9.68. The van der Waals surface area contributed by atoms with E-state index in [-0.39, 0.29) is 17.1 Å². The van der Waals surface area contributed by atoms with E-state index in [2.05, 4.69) is 5.32 Å². The number of esters is 1. The molecule has 3 rings (SSSR count). The molecule has 0 aromatic heterocycles. The number of amides is 1. The summed E-state index contributed by atoms with van der Waals surface area (Å²) in [5.74, 6) is -1.60. The van der Waals surface area contributed by atoms with Crippen LogP contribution in [0.5, 0.6) is 0 Å².